The van der Waals surface area contributed by atoms with E-state index in [0.29, 0.717) is 32.0 Å². The minimum atomic E-state index is -3.79. The topological polar surface area (TPSA) is 113 Å². The first kappa shape index (κ1) is 22.4. The van der Waals surface area contributed by atoms with E-state index in [1.54, 1.807) is 18.2 Å². The Morgan fingerprint density at radius 1 is 0.967 bits per heavy atom. The second kappa shape index (κ2) is 9.23. The molecule has 0 spiro atoms. The number of carbonyl (C=O) groups excluding carboxylic acids is 1. The lowest BCUT2D eigenvalue weighted by Gasteiger charge is -2.26. The van der Waals surface area contributed by atoms with Gasteiger partial charge >= 0.3 is 0 Å². The van der Waals surface area contributed by atoms with Crippen LogP contribution in [0.5, 0.6) is 0 Å². The van der Waals surface area contributed by atoms with Gasteiger partial charge in [0.25, 0.3) is 0 Å². The maximum atomic E-state index is 12.6. The number of amides is 1. The molecule has 0 unspecified atom stereocenters. The molecule has 11 heteroatoms. The SMILES string of the molecule is CN(CC(=O)Nc1ccc(S(=O)(=O)N2CCOCC2)cc1)S(=O)(=O)c1ccccc1. The van der Waals surface area contributed by atoms with Crippen LogP contribution in [0.15, 0.2) is 64.4 Å². The second-order valence-corrected chi connectivity index (χ2v) is 10.6. The maximum Gasteiger partial charge on any atom is 0.243 e. The number of nitrogens with one attached hydrogen (secondary N) is 1. The van der Waals surface area contributed by atoms with Crippen molar-refractivity contribution < 1.29 is 26.4 Å². The summed E-state index contributed by atoms with van der Waals surface area (Å²) in [6.07, 6.45) is 0. The largest absolute Gasteiger partial charge is 0.379 e. The molecular formula is C19H23N3O6S2. The second-order valence-electron chi connectivity index (χ2n) is 6.66. The Morgan fingerprint density at radius 2 is 1.57 bits per heavy atom. The van der Waals surface area contributed by atoms with Crippen LogP contribution in [0.1, 0.15) is 0 Å². The normalized spacial score (nSPS) is 15.8. The number of hydrogen-bond acceptors (Lipinski definition) is 6. The Labute approximate surface area is 176 Å². The maximum absolute atomic E-state index is 12.6. The van der Waals surface area contributed by atoms with E-state index in [1.165, 1.54) is 47.8 Å². The van der Waals surface area contributed by atoms with Crippen LogP contribution in [0.4, 0.5) is 5.69 Å². The minimum Gasteiger partial charge on any atom is -0.379 e. The molecule has 0 atom stereocenters. The summed E-state index contributed by atoms with van der Waals surface area (Å²) >= 11 is 0. The van der Waals surface area contributed by atoms with E-state index in [-0.39, 0.29) is 16.3 Å². The Morgan fingerprint density at radius 3 is 2.17 bits per heavy atom. The summed E-state index contributed by atoms with van der Waals surface area (Å²) in [5.74, 6) is -0.541. The number of sulfonamides is 2. The predicted octanol–water partition coefficient (Wildman–Crippen LogP) is 0.967. The Hall–Kier alpha value is -2.31. The van der Waals surface area contributed by atoms with Crippen molar-refractivity contribution in [3.8, 4) is 0 Å². The lowest BCUT2D eigenvalue weighted by molar-refractivity contribution is -0.116. The van der Waals surface area contributed by atoms with Crippen LogP contribution in [-0.4, -0.2) is 71.2 Å². The molecule has 3 rings (SSSR count). The predicted molar refractivity (Wildman–Crippen MR) is 111 cm³/mol. The van der Waals surface area contributed by atoms with E-state index < -0.39 is 26.0 Å². The molecule has 1 saturated heterocycles. The zero-order chi connectivity index (χ0) is 21.8. The third-order valence-corrected chi connectivity index (χ3v) is 8.29. The smallest absolute Gasteiger partial charge is 0.243 e. The van der Waals surface area contributed by atoms with Crippen molar-refractivity contribution in [2.75, 3.05) is 45.2 Å². The van der Waals surface area contributed by atoms with Crippen LogP contribution >= 0.6 is 0 Å². The molecule has 1 fully saturated rings. The quantitative estimate of drug-likeness (QED) is 0.668. The van der Waals surface area contributed by atoms with E-state index >= 15 is 0 Å². The number of morpholine rings is 1. The van der Waals surface area contributed by atoms with E-state index in [2.05, 4.69) is 5.32 Å². The van der Waals surface area contributed by atoms with Gasteiger partial charge < -0.3 is 10.1 Å². The molecule has 0 saturated carbocycles. The summed E-state index contributed by atoms with van der Waals surface area (Å²) in [6, 6.07) is 13.6. The molecule has 0 radical (unpaired) electrons. The highest BCUT2D eigenvalue weighted by Gasteiger charge is 2.26. The molecule has 162 valence electrons. The van der Waals surface area contributed by atoms with Crippen molar-refractivity contribution in [1.82, 2.24) is 8.61 Å². The summed E-state index contributed by atoms with van der Waals surface area (Å²) in [4.78, 5) is 12.5. The molecule has 1 heterocycles. The number of hydrogen-bond donors (Lipinski definition) is 1. The number of ether oxygens (including phenoxy) is 1. The van der Waals surface area contributed by atoms with Crippen LogP contribution in [0.25, 0.3) is 0 Å². The molecule has 1 amide bonds. The number of likely N-dealkylation sites (N-methyl/N-ethyl adjacent to an activating group) is 1. The first-order valence-corrected chi connectivity index (χ1v) is 12.1. The lowest BCUT2D eigenvalue weighted by Crippen LogP contribution is -2.40. The monoisotopic (exact) mass is 453 g/mol. The van der Waals surface area contributed by atoms with E-state index in [4.69, 9.17) is 4.74 Å². The molecule has 30 heavy (non-hydrogen) atoms. The Kier molecular flexibility index (Phi) is 6.88. The number of benzene rings is 2. The number of anilines is 1. The standard InChI is InChI=1S/C19H23N3O6S2/c1-21(29(24,25)17-5-3-2-4-6-17)15-19(23)20-16-7-9-18(10-8-16)30(26,27)22-11-13-28-14-12-22/h2-10H,11-15H2,1H3,(H,20,23). The molecule has 9 nitrogen and oxygen atoms in total. The van der Waals surface area contributed by atoms with E-state index in [1.807, 2.05) is 0 Å². The van der Waals surface area contributed by atoms with Gasteiger partial charge in [-0.05, 0) is 36.4 Å². The van der Waals surface area contributed by atoms with Crippen molar-refractivity contribution in [1.29, 1.82) is 0 Å². The Bertz CT molecular complexity index is 1080. The summed E-state index contributed by atoms with van der Waals surface area (Å²) in [7, 11) is -6.09. The summed E-state index contributed by atoms with van der Waals surface area (Å²) in [6.45, 7) is 0.913. The molecular weight excluding hydrogens is 430 g/mol. The van der Waals surface area contributed by atoms with Crippen LogP contribution in [-0.2, 0) is 29.6 Å². The summed E-state index contributed by atoms with van der Waals surface area (Å²) < 4.78 is 57.7. The van der Waals surface area contributed by atoms with Crippen LogP contribution in [0.2, 0.25) is 0 Å². The van der Waals surface area contributed by atoms with Gasteiger partial charge in [0.1, 0.15) is 0 Å². The molecule has 1 aliphatic rings. The number of carbonyl (C=O) groups is 1. The third-order valence-electron chi connectivity index (χ3n) is 4.56. The van der Waals surface area contributed by atoms with Gasteiger partial charge in [-0.25, -0.2) is 16.8 Å². The fourth-order valence-electron chi connectivity index (χ4n) is 2.91. The van der Waals surface area contributed by atoms with Crippen LogP contribution < -0.4 is 5.32 Å². The molecule has 1 N–H and O–H groups in total. The molecule has 0 aromatic heterocycles. The molecule has 0 bridgehead atoms. The van der Waals surface area contributed by atoms with Gasteiger partial charge in [0, 0.05) is 25.8 Å². The van der Waals surface area contributed by atoms with Crippen molar-refractivity contribution in [2.24, 2.45) is 0 Å². The van der Waals surface area contributed by atoms with Gasteiger partial charge in [0.15, 0.2) is 0 Å². The van der Waals surface area contributed by atoms with Gasteiger partial charge in [-0.3, -0.25) is 4.79 Å². The average molecular weight is 454 g/mol. The number of rotatable bonds is 7. The van der Waals surface area contributed by atoms with Crippen molar-refractivity contribution in [3.63, 3.8) is 0 Å². The van der Waals surface area contributed by atoms with Gasteiger partial charge in [-0.2, -0.15) is 8.61 Å². The summed E-state index contributed by atoms with van der Waals surface area (Å²) in [5.41, 5.74) is 0.367. The zero-order valence-electron chi connectivity index (χ0n) is 16.4. The van der Waals surface area contributed by atoms with Crippen LogP contribution in [0.3, 0.4) is 0 Å². The highest BCUT2D eigenvalue weighted by atomic mass is 32.2. The van der Waals surface area contributed by atoms with Gasteiger partial charge in [-0.1, -0.05) is 18.2 Å². The molecule has 1 aliphatic heterocycles. The van der Waals surface area contributed by atoms with E-state index in [0.717, 1.165) is 4.31 Å². The first-order valence-electron chi connectivity index (χ1n) is 9.20. The van der Waals surface area contributed by atoms with Crippen molar-refractivity contribution in [2.45, 2.75) is 9.79 Å². The zero-order valence-corrected chi connectivity index (χ0v) is 18.0. The van der Waals surface area contributed by atoms with Crippen molar-refractivity contribution in [3.05, 3.63) is 54.6 Å². The fraction of sp³-hybridized carbons (Fsp3) is 0.316. The highest BCUT2D eigenvalue weighted by Crippen LogP contribution is 2.20. The van der Waals surface area contributed by atoms with Gasteiger partial charge in [0.2, 0.25) is 26.0 Å². The van der Waals surface area contributed by atoms with Gasteiger partial charge in [0.05, 0.1) is 29.5 Å². The van der Waals surface area contributed by atoms with Gasteiger partial charge in [-0.15, -0.1) is 0 Å². The minimum absolute atomic E-state index is 0.0953. The fourth-order valence-corrected chi connectivity index (χ4v) is 5.46. The first-order chi connectivity index (χ1) is 14.2. The molecule has 0 aliphatic carbocycles. The van der Waals surface area contributed by atoms with E-state index in [9.17, 15) is 21.6 Å². The Balaban J connectivity index is 1.63. The summed E-state index contributed by atoms with van der Waals surface area (Å²) in [5, 5.41) is 2.58. The van der Waals surface area contributed by atoms with Crippen molar-refractivity contribution >= 4 is 31.6 Å². The van der Waals surface area contributed by atoms with Crippen LogP contribution in [0, 0.1) is 0 Å². The highest BCUT2D eigenvalue weighted by molar-refractivity contribution is 7.89. The number of nitrogens with zero attached hydrogens (tertiary/aromatic N) is 2. The molecule has 2 aromatic rings. The third kappa shape index (κ3) is 5.05. The lowest BCUT2D eigenvalue weighted by atomic mass is 10.3. The average Bonchev–Trinajstić information content (AvgIpc) is 2.75. The molecule has 2 aromatic carbocycles.